The van der Waals surface area contributed by atoms with Crippen LogP contribution in [-0.2, 0) is 25.9 Å². The van der Waals surface area contributed by atoms with Crippen molar-refractivity contribution < 1.29 is 22.4 Å². The molecule has 0 aliphatic heterocycles. The van der Waals surface area contributed by atoms with Crippen molar-refractivity contribution >= 4 is 10.9 Å². The predicted octanol–water partition coefficient (Wildman–Crippen LogP) is 4.78. The lowest BCUT2D eigenvalue weighted by molar-refractivity contribution is -0.137. The van der Waals surface area contributed by atoms with Gasteiger partial charge in [0.15, 0.2) is 0 Å². The smallest absolute Gasteiger partial charge is 0.440 e. The molecule has 0 bridgehead atoms. The summed E-state index contributed by atoms with van der Waals surface area (Å²) in [6, 6.07) is 20.1. The molecule has 0 spiro atoms. The number of hydrogen-bond acceptors (Lipinski definition) is 4. The van der Waals surface area contributed by atoms with Crippen LogP contribution in [0.5, 0.6) is 5.75 Å². The fourth-order valence-corrected chi connectivity index (χ4v) is 4.01. The van der Waals surface area contributed by atoms with E-state index >= 15 is 0 Å². The van der Waals surface area contributed by atoms with E-state index in [0.29, 0.717) is 17.9 Å². The summed E-state index contributed by atoms with van der Waals surface area (Å²) in [6.07, 6.45) is -2.51. The Morgan fingerprint density at radius 2 is 1.64 bits per heavy atom. The first kappa shape index (κ1) is 23.3. The predicted molar refractivity (Wildman–Crippen MR) is 126 cm³/mol. The van der Waals surface area contributed by atoms with Gasteiger partial charge in [-0.2, -0.15) is 13.2 Å². The molecule has 5 aromatic rings. The van der Waals surface area contributed by atoms with Gasteiger partial charge < -0.3 is 13.8 Å². The molecule has 7 nitrogen and oxygen atoms in total. The van der Waals surface area contributed by atoms with Crippen molar-refractivity contribution in [1.82, 2.24) is 14.3 Å². The minimum atomic E-state index is -4.39. The highest BCUT2D eigenvalue weighted by Gasteiger charge is 2.29. The molecule has 36 heavy (non-hydrogen) atoms. The molecule has 0 unspecified atom stereocenters. The maximum atomic E-state index is 12.8. The Bertz CT molecular complexity index is 1610. The molecule has 0 saturated carbocycles. The van der Waals surface area contributed by atoms with Gasteiger partial charge >= 0.3 is 17.6 Å². The number of nitrogens with one attached hydrogen (secondary N) is 1. The number of hydrogen-bond donors (Lipinski definition) is 1. The van der Waals surface area contributed by atoms with Crippen LogP contribution in [0.3, 0.4) is 0 Å². The molecule has 2 heterocycles. The number of rotatable bonds is 7. The van der Waals surface area contributed by atoms with Crippen molar-refractivity contribution in [2.75, 3.05) is 0 Å². The number of H-pyrrole nitrogens is 1. The molecule has 5 rings (SSSR count). The monoisotopic (exact) mass is 495 g/mol. The van der Waals surface area contributed by atoms with Gasteiger partial charge in [-0.25, -0.2) is 14.6 Å². The van der Waals surface area contributed by atoms with Gasteiger partial charge in [0.25, 0.3) is 0 Å². The van der Waals surface area contributed by atoms with Gasteiger partial charge in [0.05, 0.1) is 12.1 Å². The number of aromatic nitrogens is 3. The minimum absolute atomic E-state index is 0.0260. The van der Waals surface area contributed by atoms with Gasteiger partial charge in [-0.05, 0) is 41.5 Å². The quantitative estimate of drug-likeness (QED) is 0.352. The standard InChI is InChI=1S/C26H20F3N3O4/c27-26(28,29)20-8-6-18(7-9-20)16-35-21-10-11-23-22(12-21)19(15-32-24(33)30-25(34)36-32)14-31(23)13-17-4-2-1-3-5-17/h1-12,14H,13,15-16H2,(H,30,33,34). The Labute approximate surface area is 201 Å². The molecule has 0 radical (unpaired) electrons. The van der Waals surface area contributed by atoms with E-state index in [1.807, 2.05) is 47.2 Å². The van der Waals surface area contributed by atoms with E-state index in [4.69, 9.17) is 9.26 Å². The van der Waals surface area contributed by atoms with Crippen molar-refractivity contribution in [3.05, 3.63) is 122 Å². The van der Waals surface area contributed by atoms with E-state index < -0.39 is 23.2 Å². The summed E-state index contributed by atoms with van der Waals surface area (Å²) in [6.45, 7) is 0.684. The van der Waals surface area contributed by atoms with Crippen LogP contribution >= 0.6 is 0 Å². The molecule has 0 aliphatic carbocycles. The fourth-order valence-electron chi connectivity index (χ4n) is 4.01. The molecule has 10 heteroatoms. The summed E-state index contributed by atoms with van der Waals surface area (Å²) < 4.78 is 52.1. The van der Waals surface area contributed by atoms with Gasteiger partial charge in [0.2, 0.25) is 0 Å². The number of ether oxygens (including phenoxy) is 1. The average Bonchev–Trinajstić information content (AvgIpc) is 3.36. The Balaban J connectivity index is 1.45. The van der Waals surface area contributed by atoms with Gasteiger partial charge in [0.1, 0.15) is 12.4 Å². The molecule has 3 aromatic carbocycles. The summed E-state index contributed by atoms with van der Waals surface area (Å²) in [4.78, 5) is 25.5. The number of aromatic amines is 1. The molecule has 1 N–H and O–H groups in total. The summed E-state index contributed by atoms with van der Waals surface area (Å²) in [5, 5.41) is 0.784. The topological polar surface area (TPSA) is 82.2 Å². The highest BCUT2D eigenvalue weighted by Crippen LogP contribution is 2.30. The van der Waals surface area contributed by atoms with Gasteiger partial charge in [-0.3, -0.25) is 0 Å². The van der Waals surface area contributed by atoms with Crippen LogP contribution in [0.1, 0.15) is 22.3 Å². The number of alkyl halides is 3. The van der Waals surface area contributed by atoms with E-state index in [-0.39, 0.29) is 13.2 Å². The van der Waals surface area contributed by atoms with Crippen LogP contribution in [-0.4, -0.2) is 14.3 Å². The van der Waals surface area contributed by atoms with Crippen molar-refractivity contribution in [2.45, 2.75) is 25.9 Å². The SMILES string of the molecule is O=c1[nH]c(=O)n(Cc2cn(Cc3ccccc3)c3ccc(OCc4ccc(C(F)(F)F)cc4)cc23)o1. The Kier molecular flexibility index (Phi) is 6.01. The van der Waals surface area contributed by atoms with Crippen LogP contribution < -0.4 is 16.2 Å². The van der Waals surface area contributed by atoms with Crippen LogP contribution in [0.4, 0.5) is 13.2 Å². The molecule has 2 aromatic heterocycles. The third-order valence-electron chi connectivity index (χ3n) is 5.76. The number of halogens is 3. The first-order valence-corrected chi connectivity index (χ1v) is 11.0. The Morgan fingerprint density at radius 3 is 2.31 bits per heavy atom. The lowest BCUT2D eigenvalue weighted by atomic mass is 10.1. The molecular formula is C26H20F3N3O4. The van der Waals surface area contributed by atoms with Crippen LogP contribution in [0, 0.1) is 0 Å². The number of fused-ring (bicyclic) bond motifs is 1. The number of nitrogens with zero attached hydrogens (tertiary/aromatic N) is 2. The maximum Gasteiger partial charge on any atom is 0.440 e. The lowest BCUT2D eigenvalue weighted by Gasteiger charge is -2.10. The molecule has 0 fully saturated rings. The zero-order valence-corrected chi connectivity index (χ0v) is 18.8. The van der Waals surface area contributed by atoms with Gasteiger partial charge in [0, 0.05) is 29.2 Å². The second kappa shape index (κ2) is 9.29. The third kappa shape index (κ3) is 4.97. The number of benzene rings is 3. The zero-order valence-electron chi connectivity index (χ0n) is 18.8. The van der Waals surface area contributed by atoms with Crippen molar-refractivity contribution in [2.24, 2.45) is 0 Å². The van der Waals surface area contributed by atoms with Gasteiger partial charge in [-0.1, -0.05) is 42.5 Å². The van der Waals surface area contributed by atoms with Crippen LogP contribution in [0.25, 0.3) is 10.9 Å². The van der Waals surface area contributed by atoms with E-state index in [1.165, 1.54) is 12.1 Å². The normalized spacial score (nSPS) is 11.8. The minimum Gasteiger partial charge on any atom is -0.489 e. The second-order valence-corrected chi connectivity index (χ2v) is 8.28. The van der Waals surface area contributed by atoms with E-state index in [9.17, 15) is 22.8 Å². The Hall–Kier alpha value is -4.47. The van der Waals surface area contributed by atoms with Gasteiger partial charge in [-0.15, -0.1) is 4.74 Å². The van der Waals surface area contributed by atoms with Crippen molar-refractivity contribution in [3.63, 3.8) is 0 Å². The summed E-state index contributed by atoms with van der Waals surface area (Å²) in [5.74, 6) is -0.336. The molecule has 0 amide bonds. The average molecular weight is 495 g/mol. The van der Waals surface area contributed by atoms with Crippen LogP contribution in [0.2, 0.25) is 0 Å². The summed E-state index contributed by atoms with van der Waals surface area (Å²) in [5.41, 5.74) is 1.90. The zero-order chi connectivity index (χ0) is 25.3. The molecule has 0 atom stereocenters. The fraction of sp³-hybridized carbons (Fsp3) is 0.154. The lowest BCUT2D eigenvalue weighted by Crippen LogP contribution is -2.17. The largest absolute Gasteiger partial charge is 0.489 e. The van der Waals surface area contributed by atoms with Crippen molar-refractivity contribution in [3.8, 4) is 5.75 Å². The first-order valence-electron chi connectivity index (χ1n) is 11.0. The molecular weight excluding hydrogens is 475 g/mol. The van der Waals surface area contributed by atoms with Crippen LogP contribution in [0.15, 0.2) is 93.1 Å². The maximum absolute atomic E-state index is 12.8. The summed E-state index contributed by atoms with van der Waals surface area (Å²) in [7, 11) is 0. The third-order valence-corrected chi connectivity index (χ3v) is 5.76. The first-order chi connectivity index (χ1) is 17.3. The summed E-state index contributed by atoms with van der Waals surface area (Å²) >= 11 is 0. The Morgan fingerprint density at radius 1 is 0.889 bits per heavy atom. The van der Waals surface area contributed by atoms with Crippen molar-refractivity contribution in [1.29, 1.82) is 0 Å². The molecule has 184 valence electrons. The van der Waals surface area contributed by atoms with E-state index in [1.54, 1.807) is 12.1 Å². The second-order valence-electron chi connectivity index (χ2n) is 8.28. The van der Waals surface area contributed by atoms with E-state index in [2.05, 4.69) is 4.98 Å². The highest BCUT2D eigenvalue weighted by atomic mass is 19.4. The van der Waals surface area contributed by atoms with E-state index in [0.717, 1.165) is 38.9 Å². The highest BCUT2D eigenvalue weighted by molar-refractivity contribution is 5.85. The molecule has 0 aliphatic rings. The molecule has 0 saturated heterocycles.